The van der Waals surface area contributed by atoms with Gasteiger partial charge < -0.3 is 0 Å². The van der Waals surface area contributed by atoms with E-state index in [-0.39, 0.29) is 6.04 Å². The van der Waals surface area contributed by atoms with Gasteiger partial charge in [-0.25, -0.2) is 13.1 Å². The molecule has 0 aromatic carbocycles. The highest BCUT2D eigenvalue weighted by Gasteiger charge is 2.19. The zero-order chi connectivity index (χ0) is 10.8. The highest BCUT2D eigenvalue weighted by atomic mass is 32.2. The first-order chi connectivity index (χ1) is 6.43. The summed E-state index contributed by atoms with van der Waals surface area (Å²) in [6.45, 7) is 5.85. The van der Waals surface area contributed by atoms with Crippen molar-refractivity contribution in [2.75, 3.05) is 0 Å². The Morgan fingerprint density at radius 3 is 2.43 bits per heavy atom. The van der Waals surface area contributed by atoms with E-state index in [4.69, 9.17) is 0 Å². The summed E-state index contributed by atoms with van der Waals surface area (Å²) in [7, 11) is -3.29. The van der Waals surface area contributed by atoms with E-state index in [9.17, 15) is 8.42 Å². The van der Waals surface area contributed by atoms with Gasteiger partial charge in [-0.3, -0.25) is 0 Å². The molecular formula is C9H15NO2S2. The van der Waals surface area contributed by atoms with Gasteiger partial charge in [0.05, 0.1) is 0 Å². The summed E-state index contributed by atoms with van der Waals surface area (Å²) in [5, 5.41) is 1.76. The van der Waals surface area contributed by atoms with Gasteiger partial charge in [-0.1, -0.05) is 19.9 Å². The molecule has 0 spiro atoms. The first-order valence-corrected chi connectivity index (χ1v) is 6.85. The zero-order valence-corrected chi connectivity index (χ0v) is 10.2. The molecule has 1 N–H and O–H groups in total. The lowest BCUT2D eigenvalue weighted by molar-refractivity contribution is 0.477. The van der Waals surface area contributed by atoms with Gasteiger partial charge in [0.15, 0.2) is 0 Å². The number of sulfonamides is 1. The minimum Gasteiger partial charge on any atom is -0.207 e. The van der Waals surface area contributed by atoms with E-state index in [2.05, 4.69) is 4.72 Å². The summed E-state index contributed by atoms with van der Waals surface area (Å²) in [6, 6.07) is 3.31. The average Bonchev–Trinajstić information content (AvgIpc) is 2.54. The fourth-order valence-corrected chi connectivity index (χ4v) is 3.26. The van der Waals surface area contributed by atoms with Gasteiger partial charge in [-0.2, -0.15) is 0 Å². The van der Waals surface area contributed by atoms with Crippen molar-refractivity contribution in [3.63, 3.8) is 0 Å². The quantitative estimate of drug-likeness (QED) is 0.865. The van der Waals surface area contributed by atoms with Crippen LogP contribution in [0.25, 0.3) is 0 Å². The Hall–Kier alpha value is -0.390. The molecule has 5 heteroatoms. The van der Waals surface area contributed by atoms with Crippen molar-refractivity contribution >= 4 is 21.4 Å². The molecule has 1 aromatic heterocycles. The standard InChI is InChI=1S/C9H15NO2S2/c1-7(2)8(3)10-14(11,12)9-5-4-6-13-9/h4-8,10H,1-3H3. The molecule has 1 heterocycles. The van der Waals surface area contributed by atoms with E-state index in [1.54, 1.807) is 17.5 Å². The van der Waals surface area contributed by atoms with Crippen LogP contribution in [0.1, 0.15) is 20.8 Å². The topological polar surface area (TPSA) is 46.2 Å². The minimum atomic E-state index is -3.29. The molecule has 0 saturated heterocycles. The fourth-order valence-electron chi connectivity index (χ4n) is 0.855. The van der Waals surface area contributed by atoms with Gasteiger partial charge in [0, 0.05) is 6.04 Å². The Morgan fingerprint density at radius 2 is 2.00 bits per heavy atom. The van der Waals surface area contributed by atoms with Crippen molar-refractivity contribution < 1.29 is 8.42 Å². The van der Waals surface area contributed by atoms with E-state index in [0.29, 0.717) is 10.1 Å². The van der Waals surface area contributed by atoms with Crippen LogP contribution >= 0.6 is 11.3 Å². The monoisotopic (exact) mass is 233 g/mol. The van der Waals surface area contributed by atoms with E-state index in [1.165, 1.54) is 11.3 Å². The highest BCUT2D eigenvalue weighted by Crippen LogP contribution is 2.16. The summed E-state index contributed by atoms with van der Waals surface area (Å²) in [4.78, 5) is 0. The predicted octanol–water partition coefficient (Wildman–Crippen LogP) is 2.07. The Morgan fingerprint density at radius 1 is 1.36 bits per heavy atom. The number of rotatable bonds is 4. The lowest BCUT2D eigenvalue weighted by Gasteiger charge is -2.16. The smallest absolute Gasteiger partial charge is 0.207 e. The molecule has 0 saturated carbocycles. The van der Waals surface area contributed by atoms with E-state index in [1.807, 2.05) is 20.8 Å². The molecule has 0 amide bonds. The molecule has 0 bridgehead atoms. The Kier molecular flexibility index (Phi) is 3.69. The third kappa shape index (κ3) is 2.80. The molecule has 0 aliphatic heterocycles. The Labute approximate surface area is 89.2 Å². The van der Waals surface area contributed by atoms with E-state index >= 15 is 0 Å². The average molecular weight is 233 g/mol. The summed E-state index contributed by atoms with van der Waals surface area (Å²) < 4.78 is 26.4. The molecule has 14 heavy (non-hydrogen) atoms. The van der Waals surface area contributed by atoms with Crippen molar-refractivity contribution in [2.45, 2.75) is 31.0 Å². The van der Waals surface area contributed by atoms with Crippen LogP contribution in [0.4, 0.5) is 0 Å². The molecule has 1 aromatic rings. The second-order valence-corrected chi connectivity index (χ2v) is 6.47. The second-order valence-electron chi connectivity index (χ2n) is 3.59. The van der Waals surface area contributed by atoms with Gasteiger partial charge in [0.2, 0.25) is 10.0 Å². The first-order valence-electron chi connectivity index (χ1n) is 4.49. The van der Waals surface area contributed by atoms with Gasteiger partial charge in [-0.05, 0) is 24.3 Å². The van der Waals surface area contributed by atoms with Crippen LogP contribution in [-0.4, -0.2) is 14.5 Å². The largest absolute Gasteiger partial charge is 0.250 e. The molecule has 0 radical (unpaired) electrons. The Balaban J connectivity index is 2.79. The van der Waals surface area contributed by atoms with Crippen LogP contribution in [0.2, 0.25) is 0 Å². The normalized spacial score (nSPS) is 14.6. The summed E-state index contributed by atoms with van der Waals surface area (Å²) >= 11 is 1.23. The van der Waals surface area contributed by atoms with Crippen LogP contribution in [-0.2, 0) is 10.0 Å². The molecule has 3 nitrogen and oxygen atoms in total. The van der Waals surface area contributed by atoms with Crippen LogP contribution in [0.15, 0.2) is 21.7 Å². The van der Waals surface area contributed by atoms with Crippen molar-refractivity contribution in [1.82, 2.24) is 4.72 Å². The molecule has 0 fully saturated rings. The Bertz CT molecular complexity index is 368. The number of hydrogen-bond acceptors (Lipinski definition) is 3. The molecule has 1 atom stereocenters. The van der Waals surface area contributed by atoms with Crippen LogP contribution in [0, 0.1) is 5.92 Å². The first kappa shape index (κ1) is 11.7. The minimum absolute atomic E-state index is 0.0397. The fraction of sp³-hybridized carbons (Fsp3) is 0.556. The summed E-state index contributed by atoms with van der Waals surface area (Å²) in [5.74, 6) is 0.296. The molecule has 80 valence electrons. The summed E-state index contributed by atoms with van der Waals surface area (Å²) in [5.41, 5.74) is 0. The second kappa shape index (κ2) is 4.42. The number of nitrogens with one attached hydrogen (secondary N) is 1. The number of hydrogen-bond donors (Lipinski definition) is 1. The van der Waals surface area contributed by atoms with Gasteiger partial charge in [-0.15, -0.1) is 11.3 Å². The maximum absolute atomic E-state index is 11.7. The molecule has 1 rings (SSSR count). The maximum atomic E-state index is 11.7. The SMILES string of the molecule is CC(C)C(C)NS(=O)(=O)c1cccs1. The van der Waals surface area contributed by atoms with Gasteiger partial charge in [0.1, 0.15) is 4.21 Å². The lowest BCUT2D eigenvalue weighted by Crippen LogP contribution is -2.35. The summed E-state index contributed by atoms with van der Waals surface area (Å²) in [6.07, 6.45) is 0. The third-order valence-corrected chi connectivity index (χ3v) is 5.06. The van der Waals surface area contributed by atoms with E-state index < -0.39 is 10.0 Å². The van der Waals surface area contributed by atoms with Crippen molar-refractivity contribution in [1.29, 1.82) is 0 Å². The molecule has 0 aliphatic rings. The highest BCUT2D eigenvalue weighted by molar-refractivity contribution is 7.91. The maximum Gasteiger partial charge on any atom is 0.250 e. The van der Waals surface area contributed by atoms with Crippen molar-refractivity contribution in [3.05, 3.63) is 17.5 Å². The van der Waals surface area contributed by atoms with Crippen LogP contribution in [0.5, 0.6) is 0 Å². The number of thiophene rings is 1. The zero-order valence-electron chi connectivity index (χ0n) is 8.52. The van der Waals surface area contributed by atoms with Crippen molar-refractivity contribution in [3.8, 4) is 0 Å². The van der Waals surface area contributed by atoms with Gasteiger partial charge in [0.25, 0.3) is 0 Å². The van der Waals surface area contributed by atoms with Gasteiger partial charge >= 0.3 is 0 Å². The lowest BCUT2D eigenvalue weighted by atomic mass is 10.1. The van der Waals surface area contributed by atoms with E-state index in [0.717, 1.165) is 0 Å². The van der Waals surface area contributed by atoms with Crippen molar-refractivity contribution in [2.24, 2.45) is 5.92 Å². The predicted molar refractivity (Wildman–Crippen MR) is 58.9 cm³/mol. The molecule has 0 aliphatic carbocycles. The molecular weight excluding hydrogens is 218 g/mol. The van der Waals surface area contributed by atoms with Crippen LogP contribution in [0.3, 0.4) is 0 Å². The third-order valence-electron chi connectivity index (χ3n) is 2.10. The van der Waals surface area contributed by atoms with Crippen LogP contribution < -0.4 is 4.72 Å². The molecule has 1 unspecified atom stereocenters.